The summed E-state index contributed by atoms with van der Waals surface area (Å²) in [4.78, 5) is 29.5. The van der Waals surface area contributed by atoms with E-state index < -0.39 is 6.04 Å². The van der Waals surface area contributed by atoms with E-state index in [0.717, 1.165) is 23.9 Å². The maximum absolute atomic E-state index is 14.1. The Labute approximate surface area is 231 Å². The molecule has 5 rings (SSSR count). The molecule has 0 unspecified atom stereocenters. The van der Waals surface area contributed by atoms with Gasteiger partial charge in [0.05, 0.1) is 18.7 Å². The minimum absolute atomic E-state index is 0.0471. The molecule has 1 saturated heterocycles. The maximum atomic E-state index is 14.1. The van der Waals surface area contributed by atoms with Crippen LogP contribution in [0.4, 0.5) is 0 Å². The molecule has 202 valence electrons. The van der Waals surface area contributed by atoms with Crippen molar-refractivity contribution in [3.63, 3.8) is 0 Å². The molecule has 2 amide bonds. The second kappa shape index (κ2) is 12.3. The molecule has 1 aliphatic rings. The Morgan fingerprint density at radius 2 is 1.97 bits per heavy atom. The monoisotopic (exact) mass is 547 g/mol. The molecule has 1 aromatic heterocycles. The molecular formula is C29H30ClN5O4. The zero-order valence-corrected chi connectivity index (χ0v) is 22.4. The molecule has 0 aliphatic carbocycles. The predicted molar refractivity (Wildman–Crippen MR) is 147 cm³/mol. The quantitative estimate of drug-likeness (QED) is 0.320. The summed E-state index contributed by atoms with van der Waals surface area (Å²) in [7, 11) is 1.56. The number of hydrogen-bond donors (Lipinski definition) is 1. The van der Waals surface area contributed by atoms with Crippen molar-refractivity contribution >= 4 is 34.4 Å². The number of amides is 2. The second-order valence-electron chi connectivity index (χ2n) is 9.41. The minimum atomic E-state index is -0.958. The van der Waals surface area contributed by atoms with Gasteiger partial charge in [0.2, 0.25) is 11.8 Å². The van der Waals surface area contributed by atoms with Crippen LogP contribution in [0.5, 0.6) is 5.75 Å². The third-order valence-corrected chi connectivity index (χ3v) is 7.19. The molecule has 2 heterocycles. The van der Waals surface area contributed by atoms with Gasteiger partial charge in [-0.05, 0) is 54.3 Å². The molecule has 9 nitrogen and oxygen atoms in total. The summed E-state index contributed by atoms with van der Waals surface area (Å²) in [5, 5.41) is 11.9. The van der Waals surface area contributed by atoms with Crippen molar-refractivity contribution in [3.05, 3.63) is 88.9 Å². The van der Waals surface area contributed by atoms with E-state index >= 15 is 0 Å². The molecule has 1 N–H and O–H groups in total. The average Bonchev–Trinajstić information content (AvgIpc) is 3.63. The van der Waals surface area contributed by atoms with Gasteiger partial charge in [-0.3, -0.25) is 9.59 Å². The van der Waals surface area contributed by atoms with Gasteiger partial charge < -0.3 is 19.7 Å². The Morgan fingerprint density at radius 3 is 2.77 bits per heavy atom. The summed E-state index contributed by atoms with van der Waals surface area (Å²) in [5.41, 5.74) is 2.74. The molecule has 1 aliphatic heterocycles. The van der Waals surface area contributed by atoms with E-state index in [1.54, 1.807) is 36.1 Å². The number of methoxy groups -OCH3 is 1. The maximum Gasteiger partial charge on any atom is 0.247 e. The molecule has 4 aromatic rings. The number of nitrogens with one attached hydrogen (secondary N) is 1. The largest absolute Gasteiger partial charge is 0.497 e. The van der Waals surface area contributed by atoms with Crippen molar-refractivity contribution in [2.75, 3.05) is 20.3 Å². The summed E-state index contributed by atoms with van der Waals surface area (Å²) >= 11 is 6.52. The number of halogens is 1. The predicted octanol–water partition coefficient (Wildman–Crippen LogP) is 4.16. The van der Waals surface area contributed by atoms with E-state index in [4.69, 9.17) is 21.1 Å². The third kappa shape index (κ3) is 6.21. The fourth-order valence-electron chi connectivity index (χ4n) is 4.79. The van der Waals surface area contributed by atoms with E-state index in [0.29, 0.717) is 35.0 Å². The van der Waals surface area contributed by atoms with Crippen molar-refractivity contribution in [2.45, 2.75) is 38.1 Å². The Morgan fingerprint density at radius 1 is 1.15 bits per heavy atom. The van der Waals surface area contributed by atoms with Gasteiger partial charge in [-0.1, -0.05) is 59.3 Å². The highest BCUT2D eigenvalue weighted by Gasteiger charge is 2.33. The van der Waals surface area contributed by atoms with Crippen LogP contribution in [0, 0.1) is 0 Å². The first-order chi connectivity index (χ1) is 19.0. The Balaban J connectivity index is 1.52. The summed E-state index contributed by atoms with van der Waals surface area (Å²) in [6.45, 7) is 1.05. The summed E-state index contributed by atoms with van der Waals surface area (Å²) < 4.78 is 12.7. The van der Waals surface area contributed by atoms with Gasteiger partial charge >= 0.3 is 0 Å². The normalized spacial score (nSPS) is 15.7. The summed E-state index contributed by atoms with van der Waals surface area (Å²) in [6.07, 6.45) is 1.79. The van der Waals surface area contributed by atoms with Crippen molar-refractivity contribution in [1.29, 1.82) is 0 Å². The van der Waals surface area contributed by atoms with Crippen LogP contribution in [0.25, 0.3) is 11.0 Å². The standard InChI is InChI=1S/C29H30ClN5O4/c1-38-22-10-6-9-20(16-22)28(29(37)31-17-23-11-7-15-39-23)34(18-21-8-2-3-12-24(21)30)27(36)19-35-26-14-5-4-13-25(26)32-33-35/h2-6,8-10,12-14,16,23,28H,7,11,15,17-19H2,1H3,(H,31,37)/t23-,28+/m0/s1. The number of para-hydroxylation sites is 1. The zero-order valence-electron chi connectivity index (χ0n) is 21.6. The number of rotatable bonds is 10. The van der Waals surface area contributed by atoms with Gasteiger partial charge in [-0.15, -0.1) is 5.10 Å². The van der Waals surface area contributed by atoms with Crippen LogP contribution >= 0.6 is 11.6 Å². The average molecular weight is 548 g/mol. The number of aromatic nitrogens is 3. The summed E-state index contributed by atoms with van der Waals surface area (Å²) in [6, 6.07) is 20.9. The van der Waals surface area contributed by atoms with E-state index in [1.165, 1.54) is 4.90 Å². The fraction of sp³-hybridized carbons (Fsp3) is 0.310. The smallest absolute Gasteiger partial charge is 0.247 e. The van der Waals surface area contributed by atoms with Crippen LogP contribution in [0.15, 0.2) is 72.8 Å². The van der Waals surface area contributed by atoms with Gasteiger partial charge in [0.1, 0.15) is 23.9 Å². The van der Waals surface area contributed by atoms with E-state index in [2.05, 4.69) is 15.6 Å². The van der Waals surface area contributed by atoms with Crippen LogP contribution in [-0.4, -0.2) is 58.1 Å². The van der Waals surface area contributed by atoms with Crippen molar-refractivity contribution in [3.8, 4) is 5.75 Å². The van der Waals surface area contributed by atoms with Gasteiger partial charge in [0, 0.05) is 24.7 Å². The molecule has 1 fully saturated rings. The Kier molecular flexibility index (Phi) is 8.39. The molecule has 0 spiro atoms. The zero-order chi connectivity index (χ0) is 27.2. The number of hydrogen-bond acceptors (Lipinski definition) is 6. The molecular weight excluding hydrogens is 518 g/mol. The molecule has 0 saturated carbocycles. The Hall–Kier alpha value is -3.95. The second-order valence-corrected chi connectivity index (χ2v) is 9.82. The minimum Gasteiger partial charge on any atom is -0.497 e. The first-order valence-electron chi connectivity index (χ1n) is 12.9. The van der Waals surface area contributed by atoms with Crippen molar-refractivity contribution in [1.82, 2.24) is 25.2 Å². The highest BCUT2D eigenvalue weighted by molar-refractivity contribution is 6.31. The number of benzene rings is 3. The van der Waals surface area contributed by atoms with Crippen LogP contribution in [0.2, 0.25) is 5.02 Å². The fourth-order valence-corrected chi connectivity index (χ4v) is 4.98. The highest BCUT2D eigenvalue weighted by atomic mass is 35.5. The Bertz CT molecular complexity index is 1450. The third-order valence-electron chi connectivity index (χ3n) is 6.82. The lowest BCUT2D eigenvalue weighted by molar-refractivity contribution is -0.142. The molecule has 2 atom stereocenters. The van der Waals surface area contributed by atoms with Crippen molar-refractivity contribution in [2.24, 2.45) is 0 Å². The van der Waals surface area contributed by atoms with E-state index in [-0.39, 0.29) is 31.0 Å². The van der Waals surface area contributed by atoms with Crippen LogP contribution in [-0.2, 0) is 27.4 Å². The van der Waals surface area contributed by atoms with Crippen molar-refractivity contribution < 1.29 is 19.1 Å². The van der Waals surface area contributed by atoms with Gasteiger partial charge in [0.15, 0.2) is 0 Å². The van der Waals surface area contributed by atoms with E-state index in [1.807, 2.05) is 48.5 Å². The topological polar surface area (TPSA) is 98.6 Å². The van der Waals surface area contributed by atoms with E-state index in [9.17, 15) is 9.59 Å². The van der Waals surface area contributed by atoms with Crippen LogP contribution < -0.4 is 10.1 Å². The molecule has 39 heavy (non-hydrogen) atoms. The first kappa shape index (κ1) is 26.6. The molecule has 0 bridgehead atoms. The number of nitrogens with zero attached hydrogens (tertiary/aromatic N) is 4. The lowest BCUT2D eigenvalue weighted by Crippen LogP contribution is -2.46. The van der Waals surface area contributed by atoms with Crippen LogP contribution in [0.1, 0.15) is 30.0 Å². The number of fused-ring (bicyclic) bond motifs is 1. The van der Waals surface area contributed by atoms with Gasteiger partial charge in [0.25, 0.3) is 0 Å². The highest BCUT2D eigenvalue weighted by Crippen LogP contribution is 2.29. The number of carbonyl (C=O) groups excluding carboxylic acids is 2. The number of carbonyl (C=O) groups is 2. The lowest BCUT2D eigenvalue weighted by atomic mass is 10.0. The molecule has 3 aromatic carbocycles. The van der Waals surface area contributed by atoms with Gasteiger partial charge in [-0.25, -0.2) is 4.68 Å². The first-order valence-corrected chi connectivity index (χ1v) is 13.3. The number of ether oxygens (including phenoxy) is 2. The molecule has 10 heteroatoms. The molecule has 0 radical (unpaired) electrons. The summed E-state index contributed by atoms with van der Waals surface area (Å²) in [5.74, 6) is -0.0508. The van der Waals surface area contributed by atoms with Gasteiger partial charge in [-0.2, -0.15) is 0 Å². The SMILES string of the molecule is COc1cccc([C@H](C(=O)NC[C@@H]2CCCO2)N(Cc2ccccc2Cl)C(=O)Cn2nnc3ccccc32)c1. The lowest BCUT2D eigenvalue weighted by Gasteiger charge is -2.32. The van der Waals surface area contributed by atoms with Crippen LogP contribution in [0.3, 0.4) is 0 Å².